The van der Waals surface area contributed by atoms with Gasteiger partial charge in [0.05, 0.1) is 22.6 Å². The number of thioether (sulfide) groups is 1. The number of amides is 1. The summed E-state index contributed by atoms with van der Waals surface area (Å²) >= 11 is 15.2. The molecule has 1 heterocycles. The fraction of sp³-hybridized carbons (Fsp3) is 0.613. The van der Waals surface area contributed by atoms with E-state index in [1.165, 1.54) is 23.1 Å². The molecule has 242 valence electrons. The number of nitrogens with one attached hydrogen (secondary N) is 1. The van der Waals surface area contributed by atoms with Crippen LogP contribution in [-0.4, -0.2) is 56.7 Å². The molecule has 1 aromatic heterocycles. The van der Waals surface area contributed by atoms with E-state index in [1.807, 2.05) is 5.38 Å². The van der Waals surface area contributed by atoms with Crippen molar-refractivity contribution in [3.63, 3.8) is 0 Å². The summed E-state index contributed by atoms with van der Waals surface area (Å²) in [6.07, 6.45) is -0.106. The van der Waals surface area contributed by atoms with Crippen molar-refractivity contribution in [1.82, 2.24) is 10.3 Å². The van der Waals surface area contributed by atoms with Gasteiger partial charge in [0.25, 0.3) is 0 Å². The van der Waals surface area contributed by atoms with Crippen molar-refractivity contribution in [3.8, 4) is 0 Å². The maximum Gasteiger partial charge on any atom is 0.408 e. The summed E-state index contributed by atoms with van der Waals surface area (Å²) in [5.74, 6) is -2.99. The van der Waals surface area contributed by atoms with Crippen LogP contribution in [0, 0.1) is 17.8 Å². The maximum absolute atomic E-state index is 14.5. The van der Waals surface area contributed by atoms with E-state index in [9.17, 15) is 14.4 Å². The summed E-state index contributed by atoms with van der Waals surface area (Å²) < 4.78 is 24.8. The molecule has 2 aromatic rings. The van der Waals surface area contributed by atoms with E-state index >= 15 is 0 Å². The van der Waals surface area contributed by atoms with E-state index in [4.69, 9.17) is 42.1 Å². The molecule has 44 heavy (non-hydrogen) atoms. The van der Waals surface area contributed by atoms with Crippen LogP contribution < -0.4 is 5.32 Å². The first-order valence-corrected chi connectivity index (χ1v) is 16.8. The summed E-state index contributed by atoms with van der Waals surface area (Å²) in [5.41, 5.74) is -3.63. The minimum Gasteiger partial charge on any atom is -0.460 e. The van der Waals surface area contributed by atoms with Crippen LogP contribution in [0.2, 0.25) is 10.0 Å². The Morgan fingerprint density at radius 3 is 2.14 bits per heavy atom. The molecule has 6 atom stereocenters. The van der Waals surface area contributed by atoms with Crippen LogP contribution in [0.15, 0.2) is 34.1 Å². The highest BCUT2D eigenvalue weighted by Gasteiger charge is 2.81. The minimum atomic E-state index is -1.80. The normalized spacial score (nSPS) is 26.5. The van der Waals surface area contributed by atoms with Crippen molar-refractivity contribution in [1.29, 1.82) is 0 Å². The molecular weight excluding hydrogens is 647 g/mol. The van der Waals surface area contributed by atoms with Crippen molar-refractivity contribution in [2.75, 3.05) is 0 Å². The van der Waals surface area contributed by atoms with Gasteiger partial charge in [0.2, 0.25) is 0 Å². The number of ether oxygens (including phenoxy) is 4. The lowest BCUT2D eigenvalue weighted by atomic mass is 9.86. The first kappa shape index (κ1) is 34.8. The molecule has 1 amide bonds. The average Bonchev–Trinajstić information content (AvgIpc) is 3.26. The molecule has 9 nitrogen and oxygen atoms in total. The molecule has 4 rings (SSSR count). The smallest absolute Gasteiger partial charge is 0.408 e. The Morgan fingerprint density at radius 2 is 1.59 bits per heavy atom. The van der Waals surface area contributed by atoms with Gasteiger partial charge in [0, 0.05) is 22.7 Å². The molecule has 0 aliphatic heterocycles. The van der Waals surface area contributed by atoms with Gasteiger partial charge in [-0.25, -0.2) is 14.6 Å². The largest absolute Gasteiger partial charge is 0.460 e. The lowest BCUT2D eigenvalue weighted by Gasteiger charge is -2.41. The topological polar surface area (TPSA) is 113 Å². The van der Waals surface area contributed by atoms with Crippen LogP contribution in [0.5, 0.6) is 0 Å². The van der Waals surface area contributed by atoms with Crippen molar-refractivity contribution < 1.29 is 33.3 Å². The second-order valence-electron chi connectivity index (χ2n) is 14.0. The highest BCUT2D eigenvalue weighted by Crippen LogP contribution is 2.67. The first-order valence-electron chi connectivity index (χ1n) is 14.3. The molecule has 2 fully saturated rings. The van der Waals surface area contributed by atoms with Crippen molar-refractivity contribution in [2.24, 2.45) is 17.8 Å². The van der Waals surface area contributed by atoms with E-state index in [-0.39, 0.29) is 6.61 Å². The quantitative estimate of drug-likeness (QED) is 0.225. The van der Waals surface area contributed by atoms with Crippen molar-refractivity contribution in [2.45, 2.75) is 107 Å². The zero-order valence-corrected chi connectivity index (χ0v) is 29.5. The number of benzene rings is 1. The second kappa shape index (κ2) is 12.6. The van der Waals surface area contributed by atoms with E-state index < -0.39 is 69.5 Å². The van der Waals surface area contributed by atoms with Gasteiger partial charge in [-0.05, 0) is 85.9 Å². The number of carbonyl (C=O) groups excluding carboxylic acids is 3. The van der Waals surface area contributed by atoms with E-state index in [2.05, 4.69) is 10.3 Å². The Labute approximate surface area is 277 Å². The van der Waals surface area contributed by atoms with Gasteiger partial charge in [-0.15, -0.1) is 11.3 Å². The molecule has 13 heteroatoms. The number of alkyl carbamates (subject to hydrolysis) is 1. The summed E-state index contributed by atoms with van der Waals surface area (Å²) in [5, 5.41) is 4.98. The Balaban J connectivity index is 1.84. The molecule has 0 saturated heterocycles. The molecule has 2 aliphatic rings. The SMILES string of the molecule is CC(C)(C)OC(=O)N[C@]1(C(=O)OC(C)(C)C)C2[C@@H]([C@H](Sc3nccs3)[C@H]1OCc1ccc(Cl)c(Cl)c1)[C@@H]2C(=O)OC(C)(C)C. The third-order valence-electron chi connectivity index (χ3n) is 6.91. The Morgan fingerprint density at radius 1 is 0.955 bits per heavy atom. The van der Waals surface area contributed by atoms with Crippen molar-refractivity contribution >= 4 is 64.3 Å². The number of halogens is 2. The van der Waals surface area contributed by atoms with Crippen LogP contribution in [0.1, 0.15) is 67.9 Å². The number of esters is 2. The number of rotatable bonds is 8. The van der Waals surface area contributed by atoms with Gasteiger partial charge in [-0.3, -0.25) is 4.79 Å². The number of nitrogens with zero attached hydrogens (tertiary/aromatic N) is 1. The van der Waals surface area contributed by atoms with Crippen LogP contribution in [0.25, 0.3) is 0 Å². The van der Waals surface area contributed by atoms with Gasteiger partial charge in [0.1, 0.15) is 27.2 Å². The Hall–Kier alpha value is -2.05. The van der Waals surface area contributed by atoms with Crippen molar-refractivity contribution in [3.05, 3.63) is 45.4 Å². The highest BCUT2D eigenvalue weighted by molar-refractivity contribution is 8.01. The number of thiazole rings is 1. The van der Waals surface area contributed by atoms with Gasteiger partial charge < -0.3 is 24.3 Å². The fourth-order valence-electron chi connectivity index (χ4n) is 5.51. The Kier molecular flexibility index (Phi) is 9.99. The molecule has 1 unspecified atom stereocenters. The van der Waals surface area contributed by atoms with Crippen LogP contribution in [-0.2, 0) is 35.1 Å². The lowest BCUT2D eigenvalue weighted by Crippen LogP contribution is -2.66. The van der Waals surface area contributed by atoms with E-state index in [0.717, 1.165) is 4.34 Å². The van der Waals surface area contributed by atoms with Crippen LogP contribution in [0.3, 0.4) is 0 Å². The number of carbonyl (C=O) groups is 3. The third kappa shape index (κ3) is 8.02. The Bertz CT molecular complexity index is 1380. The summed E-state index contributed by atoms with van der Waals surface area (Å²) in [7, 11) is 0. The van der Waals surface area contributed by atoms with Crippen LogP contribution in [0.4, 0.5) is 4.79 Å². The van der Waals surface area contributed by atoms with Gasteiger partial charge in [0.15, 0.2) is 5.54 Å². The molecule has 2 saturated carbocycles. The predicted molar refractivity (Wildman–Crippen MR) is 171 cm³/mol. The number of hydrogen-bond donors (Lipinski definition) is 1. The molecule has 0 bridgehead atoms. The van der Waals surface area contributed by atoms with Gasteiger partial charge >= 0.3 is 18.0 Å². The molecular formula is C31H40Cl2N2O7S2. The molecule has 1 aromatic carbocycles. The first-order chi connectivity index (χ1) is 20.2. The number of hydrogen-bond acceptors (Lipinski definition) is 10. The molecule has 0 radical (unpaired) electrons. The highest BCUT2D eigenvalue weighted by atomic mass is 35.5. The summed E-state index contributed by atoms with van der Waals surface area (Å²) in [6.45, 7) is 15.8. The predicted octanol–water partition coefficient (Wildman–Crippen LogP) is 7.32. The number of aromatic nitrogens is 1. The zero-order valence-electron chi connectivity index (χ0n) is 26.4. The fourth-order valence-corrected chi connectivity index (χ4v) is 8.18. The summed E-state index contributed by atoms with van der Waals surface area (Å²) in [6, 6.07) is 5.12. The zero-order chi connectivity index (χ0) is 32.8. The molecule has 2 aliphatic carbocycles. The average molecular weight is 688 g/mol. The second-order valence-corrected chi connectivity index (χ2v) is 17.2. The summed E-state index contributed by atoms with van der Waals surface area (Å²) in [4.78, 5) is 46.1. The van der Waals surface area contributed by atoms with E-state index in [1.54, 1.807) is 86.7 Å². The molecule has 1 N–H and O–H groups in total. The van der Waals surface area contributed by atoms with Gasteiger partial charge in [-0.1, -0.05) is 41.0 Å². The van der Waals surface area contributed by atoms with Gasteiger partial charge in [-0.2, -0.15) is 0 Å². The van der Waals surface area contributed by atoms with E-state index in [0.29, 0.717) is 15.6 Å². The standard InChI is InChI=1S/C31H40Cl2N2O7S2/c1-28(2,3)40-24(36)20-19-21(20)31(25(37)41-29(4,5)6,35-26(38)42-30(7,8)9)23(22(19)44-27-34-12-13-43-27)39-15-16-10-11-17(32)18(33)14-16/h10-14,19-23H,15H2,1-9H3,(H,35,38)/t19-,20-,21?,22-,23+,31+/m0/s1. The molecule has 0 spiro atoms. The van der Waals surface area contributed by atoms with Crippen LogP contribution >= 0.6 is 46.3 Å². The minimum absolute atomic E-state index is 0.0353. The number of fused-ring (bicyclic) bond motifs is 1. The third-order valence-corrected chi connectivity index (χ3v) is 9.93. The maximum atomic E-state index is 14.5. The monoisotopic (exact) mass is 686 g/mol. The lowest BCUT2D eigenvalue weighted by molar-refractivity contribution is -0.173.